The van der Waals surface area contributed by atoms with Crippen LogP contribution < -0.4 is 9.62 Å². The van der Waals surface area contributed by atoms with Crippen LogP contribution in [0.25, 0.3) is 0 Å². The number of rotatable bonds is 6. The number of aryl methyl sites for hydroxylation is 1. The van der Waals surface area contributed by atoms with Gasteiger partial charge in [-0.3, -0.25) is 9.10 Å². The van der Waals surface area contributed by atoms with E-state index in [0.717, 1.165) is 31.2 Å². The van der Waals surface area contributed by atoms with Crippen molar-refractivity contribution in [2.45, 2.75) is 43.6 Å². The number of benzene rings is 2. The Bertz CT molecular complexity index is 957. The molecule has 0 heterocycles. The van der Waals surface area contributed by atoms with Crippen LogP contribution in [0.1, 0.15) is 41.6 Å². The van der Waals surface area contributed by atoms with E-state index in [4.69, 9.17) is 0 Å². The van der Waals surface area contributed by atoms with Gasteiger partial charge in [0.25, 0.3) is 15.9 Å². The van der Waals surface area contributed by atoms with Crippen LogP contribution in [-0.2, 0) is 10.0 Å². The summed E-state index contributed by atoms with van der Waals surface area (Å²) in [5.74, 6) is -0.287. The smallest absolute Gasteiger partial charge is 0.264 e. The largest absolute Gasteiger partial charge is 0.393 e. The molecule has 1 saturated carbocycles. The van der Waals surface area contributed by atoms with Crippen LogP contribution in [-0.4, -0.2) is 39.1 Å². The first-order valence-corrected chi connectivity index (χ1v) is 11.3. The standard InChI is InChI=1S/C22H28N2O4S/c1-16-10-12-19(13-11-16)24(2)29(27,28)20-8-5-7-17(14-20)22(26)23-15-18-6-3-4-9-21(18)25/h5,7-8,10-14,18,21,25H,3-4,6,9,15H2,1-2H3,(H,23,26)/t18-,21+/m1/s1. The minimum atomic E-state index is -3.79. The molecule has 0 aliphatic heterocycles. The first kappa shape index (κ1) is 21.3. The van der Waals surface area contributed by atoms with Gasteiger partial charge in [0.15, 0.2) is 0 Å². The fraction of sp³-hybridized carbons (Fsp3) is 0.409. The summed E-state index contributed by atoms with van der Waals surface area (Å²) in [5, 5.41) is 12.9. The number of carbonyl (C=O) groups excluding carboxylic acids is 1. The zero-order valence-electron chi connectivity index (χ0n) is 16.8. The van der Waals surface area contributed by atoms with Crippen molar-refractivity contribution in [2.75, 3.05) is 17.9 Å². The highest BCUT2D eigenvalue weighted by molar-refractivity contribution is 7.92. The number of sulfonamides is 1. The van der Waals surface area contributed by atoms with Gasteiger partial charge in [-0.05, 0) is 50.1 Å². The molecule has 1 amide bonds. The molecule has 0 unspecified atom stereocenters. The van der Waals surface area contributed by atoms with Crippen molar-refractivity contribution in [3.05, 3.63) is 59.7 Å². The van der Waals surface area contributed by atoms with Gasteiger partial charge in [0, 0.05) is 25.1 Å². The zero-order valence-corrected chi connectivity index (χ0v) is 17.7. The van der Waals surface area contributed by atoms with Gasteiger partial charge in [-0.25, -0.2) is 8.42 Å². The highest BCUT2D eigenvalue weighted by atomic mass is 32.2. The summed E-state index contributed by atoms with van der Waals surface area (Å²) in [6.07, 6.45) is 3.33. The number of nitrogens with one attached hydrogen (secondary N) is 1. The topological polar surface area (TPSA) is 86.7 Å². The van der Waals surface area contributed by atoms with Gasteiger partial charge in [0.05, 0.1) is 16.7 Å². The van der Waals surface area contributed by atoms with E-state index in [1.165, 1.54) is 23.5 Å². The average Bonchev–Trinajstić information content (AvgIpc) is 2.73. The molecular formula is C22H28N2O4S. The second kappa shape index (κ2) is 8.97. The molecule has 2 aromatic carbocycles. The van der Waals surface area contributed by atoms with E-state index in [9.17, 15) is 18.3 Å². The van der Waals surface area contributed by atoms with Crippen LogP contribution in [0.2, 0.25) is 0 Å². The second-order valence-corrected chi connectivity index (χ2v) is 9.63. The van der Waals surface area contributed by atoms with E-state index in [1.807, 2.05) is 19.1 Å². The van der Waals surface area contributed by atoms with E-state index in [-0.39, 0.29) is 28.4 Å². The Labute approximate surface area is 172 Å². The summed E-state index contributed by atoms with van der Waals surface area (Å²) in [7, 11) is -2.29. The SMILES string of the molecule is Cc1ccc(N(C)S(=O)(=O)c2cccc(C(=O)NC[C@H]3CCCC[C@@H]3O)c2)cc1. The Hall–Kier alpha value is -2.38. The third-order valence-corrected chi connectivity index (χ3v) is 7.33. The number of anilines is 1. The van der Waals surface area contributed by atoms with Crippen molar-refractivity contribution in [1.29, 1.82) is 0 Å². The van der Waals surface area contributed by atoms with Gasteiger partial charge in [0.1, 0.15) is 0 Å². The molecular weight excluding hydrogens is 388 g/mol. The van der Waals surface area contributed by atoms with Gasteiger partial charge >= 0.3 is 0 Å². The number of hydrogen-bond donors (Lipinski definition) is 2. The monoisotopic (exact) mass is 416 g/mol. The minimum absolute atomic E-state index is 0.0484. The molecule has 0 bridgehead atoms. The molecule has 29 heavy (non-hydrogen) atoms. The molecule has 0 aromatic heterocycles. The van der Waals surface area contributed by atoms with Crippen molar-refractivity contribution >= 4 is 21.6 Å². The van der Waals surface area contributed by atoms with E-state index >= 15 is 0 Å². The van der Waals surface area contributed by atoms with Gasteiger partial charge in [-0.15, -0.1) is 0 Å². The van der Waals surface area contributed by atoms with Crippen molar-refractivity contribution in [3.63, 3.8) is 0 Å². The molecule has 7 heteroatoms. The average molecular weight is 417 g/mol. The van der Waals surface area contributed by atoms with E-state index < -0.39 is 10.0 Å². The Kier molecular flexibility index (Phi) is 6.59. The molecule has 0 radical (unpaired) electrons. The third-order valence-electron chi connectivity index (χ3n) is 5.55. The second-order valence-electron chi connectivity index (χ2n) is 7.66. The predicted octanol–water partition coefficient (Wildman–Crippen LogP) is 3.10. The van der Waals surface area contributed by atoms with Gasteiger partial charge in [-0.1, -0.05) is 36.6 Å². The van der Waals surface area contributed by atoms with Gasteiger partial charge < -0.3 is 10.4 Å². The maximum Gasteiger partial charge on any atom is 0.264 e. The maximum absolute atomic E-state index is 13.0. The quantitative estimate of drug-likeness (QED) is 0.758. The van der Waals surface area contributed by atoms with E-state index in [1.54, 1.807) is 24.3 Å². The lowest BCUT2D eigenvalue weighted by atomic mass is 9.86. The van der Waals surface area contributed by atoms with E-state index in [2.05, 4.69) is 5.32 Å². The fourth-order valence-electron chi connectivity index (χ4n) is 3.60. The molecule has 156 valence electrons. The van der Waals surface area contributed by atoms with Crippen LogP contribution >= 0.6 is 0 Å². The summed E-state index contributed by atoms with van der Waals surface area (Å²) in [6, 6.07) is 13.2. The van der Waals surface area contributed by atoms with Crippen LogP contribution in [0.4, 0.5) is 5.69 Å². The van der Waals surface area contributed by atoms with Crippen molar-refractivity contribution in [3.8, 4) is 0 Å². The number of aliphatic hydroxyl groups excluding tert-OH is 1. The summed E-state index contributed by atoms with van der Waals surface area (Å²) in [6.45, 7) is 2.33. The number of hydrogen-bond acceptors (Lipinski definition) is 4. The number of aliphatic hydroxyl groups is 1. The first-order chi connectivity index (χ1) is 13.8. The van der Waals surface area contributed by atoms with Crippen molar-refractivity contribution < 1.29 is 18.3 Å². The predicted molar refractivity (Wildman–Crippen MR) is 114 cm³/mol. The first-order valence-electron chi connectivity index (χ1n) is 9.91. The minimum Gasteiger partial charge on any atom is -0.393 e. The molecule has 1 aliphatic rings. The highest BCUT2D eigenvalue weighted by Crippen LogP contribution is 2.25. The van der Waals surface area contributed by atoms with Crippen molar-refractivity contribution in [1.82, 2.24) is 5.32 Å². The lowest BCUT2D eigenvalue weighted by molar-refractivity contribution is 0.0663. The molecule has 2 N–H and O–H groups in total. The van der Waals surface area contributed by atoms with E-state index in [0.29, 0.717) is 12.2 Å². The maximum atomic E-state index is 13.0. The summed E-state index contributed by atoms with van der Waals surface area (Å²) in [4.78, 5) is 12.6. The fourth-order valence-corrected chi connectivity index (χ4v) is 4.84. The van der Waals surface area contributed by atoms with Gasteiger partial charge in [0.2, 0.25) is 0 Å². The summed E-state index contributed by atoms with van der Waals surface area (Å²) < 4.78 is 27.2. The lowest BCUT2D eigenvalue weighted by Crippen LogP contribution is -2.36. The molecule has 3 rings (SSSR count). The zero-order chi connectivity index (χ0) is 21.0. The molecule has 0 spiro atoms. The van der Waals surface area contributed by atoms with Crippen LogP contribution in [0.15, 0.2) is 53.4 Å². The van der Waals surface area contributed by atoms with Crippen molar-refractivity contribution in [2.24, 2.45) is 5.92 Å². The summed E-state index contributed by atoms with van der Waals surface area (Å²) in [5.41, 5.74) is 1.88. The number of nitrogens with zero attached hydrogens (tertiary/aromatic N) is 1. The Balaban J connectivity index is 1.73. The lowest BCUT2D eigenvalue weighted by Gasteiger charge is -2.27. The van der Waals surface area contributed by atoms with Crippen LogP contribution in [0, 0.1) is 12.8 Å². The van der Waals surface area contributed by atoms with Crippen LogP contribution in [0.3, 0.4) is 0 Å². The summed E-state index contributed by atoms with van der Waals surface area (Å²) >= 11 is 0. The Morgan fingerprint density at radius 3 is 2.52 bits per heavy atom. The molecule has 2 atom stereocenters. The molecule has 2 aromatic rings. The number of carbonyl (C=O) groups is 1. The van der Waals surface area contributed by atoms with Crippen LogP contribution in [0.5, 0.6) is 0 Å². The van der Waals surface area contributed by atoms with Gasteiger partial charge in [-0.2, -0.15) is 0 Å². The Morgan fingerprint density at radius 1 is 1.14 bits per heavy atom. The third kappa shape index (κ3) is 4.97. The normalized spacial score (nSPS) is 19.6. The Morgan fingerprint density at radius 2 is 1.83 bits per heavy atom. The molecule has 1 aliphatic carbocycles. The molecule has 1 fully saturated rings. The number of amides is 1. The molecule has 6 nitrogen and oxygen atoms in total. The molecule has 0 saturated heterocycles. The highest BCUT2D eigenvalue weighted by Gasteiger charge is 2.25.